The standard InChI is InChI=1S/C18H14ClNOS/c19-12-17(21)15-7-1-2-8-16(15)20-14-6-3-5-13(11-14)18-9-4-10-22-18/h1-11,20H,12H2. The number of carbonyl (C=O) groups is 1. The van der Waals surface area contributed by atoms with Gasteiger partial charge in [0.05, 0.1) is 5.88 Å². The fourth-order valence-corrected chi connectivity index (χ4v) is 3.12. The predicted octanol–water partition coefficient (Wildman–Crippen LogP) is 5.58. The lowest BCUT2D eigenvalue weighted by Crippen LogP contribution is -2.04. The van der Waals surface area contributed by atoms with Gasteiger partial charge in [-0.25, -0.2) is 0 Å². The summed E-state index contributed by atoms with van der Waals surface area (Å²) in [4.78, 5) is 13.1. The number of hydrogen-bond donors (Lipinski definition) is 1. The number of ketones is 1. The lowest BCUT2D eigenvalue weighted by molar-refractivity contribution is 0.102. The van der Waals surface area contributed by atoms with Gasteiger partial charge in [-0.1, -0.05) is 30.3 Å². The Balaban J connectivity index is 1.91. The number of alkyl halides is 1. The Labute approximate surface area is 138 Å². The summed E-state index contributed by atoms with van der Waals surface area (Å²) in [6.45, 7) is 0. The Kier molecular flexibility index (Phi) is 4.56. The molecule has 0 aliphatic heterocycles. The van der Waals surface area contributed by atoms with Crippen LogP contribution in [0.15, 0.2) is 66.0 Å². The van der Waals surface area contributed by atoms with Crippen molar-refractivity contribution in [2.24, 2.45) is 0 Å². The van der Waals surface area contributed by atoms with E-state index >= 15 is 0 Å². The first kappa shape index (κ1) is 14.8. The molecule has 110 valence electrons. The van der Waals surface area contributed by atoms with Gasteiger partial charge in [0.2, 0.25) is 0 Å². The summed E-state index contributed by atoms with van der Waals surface area (Å²) in [6, 6.07) is 19.7. The van der Waals surface area contributed by atoms with Crippen LogP contribution >= 0.6 is 22.9 Å². The van der Waals surface area contributed by atoms with E-state index in [1.807, 2.05) is 36.4 Å². The molecule has 2 aromatic carbocycles. The van der Waals surface area contributed by atoms with Crippen molar-refractivity contribution >= 4 is 40.1 Å². The van der Waals surface area contributed by atoms with E-state index in [1.165, 1.54) is 4.88 Å². The molecule has 0 saturated heterocycles. The van der Waals surface area contributed by atoms with E-state index in [4.69, 9.17) is 11.6 Å². The number of rotatable bonds is 5. The largest absolute Gasteiger partial charge is 0.355 e. The second-order valence-electron chi connectivity index (χ2n) is 4.79. The van der Waals surface area contributed by atoms with Crippen molar-refractivity contribution in [3.05, 3.63) is 71.6 Å². The summed E-state index contributed by atoms with van der Waals surface area (Å²) in [7, 11) is 0. The molecule has 3 aromatic rings. The Morgan fingerprint density at radius 3 is 2.68 bits per heavy atom. The monoisotopic (exact) mass is 327 g/mol. The van der Waals surface area contributed by atoms with E-state index in [-0.39, 0.29) is 11.7 Å². The van der Waals surface area contributed by atoms with Crippen molar-refractivity contribution in [3.63, 3.8) is 0 Å². The second kappa shape index (κ2) is 6.77. The number of nitrogens with one attached hydrogen (secondary N) is 1. The maximum Gasteiger partial charge on any atom is 0.179 e. The quantitative estimate of drug-likeness (QED) is 0.489. The molecule has 0 saturated carbocycles. The third-order valence-corrected chi connectivity index (χ3v) is 4.46. The number of carbonyl (C=O) groups excluding carboxylic acids is 1. The number of thiophene rings is 1. The maximum atomic E-state index is 11.9. The molecule has 4 heteroatoms. The second-order valence-corrected chi connectivity index (χ2v) is 6.00. The lowest BCUT2D eigenvalue weighted by atomic mass is 10.1. The number of anilines is 2. The number of halogens is 1. The fourth-order valence-electron chi connectivity index (χ4n) is 2.26. The molecule has 22 heavy (non-hydrogen) atoms. The van der Waals surface area contributed by atoms with E-state index < -0.39 is 0 Å². The summed E-state index contributed by atoms with van der Waals surface area (Å²) in [5, 5.41) is 5.37. The van der Waals surface area contributed by atoms with Crippen molar-refractivity contribution < 1.29 is 4.79 Å². The van der Waals surface area contributed by atoms with Gasteiger partial charge in [-0.2, -0.15) is 0 Å². The molecule has 0 radical (unpaired) electrons. The molecule has 0 fully saturated rings. The van der Waals surface area contributed by atoms with E-state index in [0.29, 0.717) is 5.56 Å². The Morgan fingerprint density at radius 2 is 1.91 bits per heavy atom. The van der Waals surface area contributed by atoms with Gasteiger partial charge < -0.3 is 5.32 Å². The third-order valence-electron chi connectivity index (χ3n) is 3.30. The number of Topliss-reactive ketones (excluding diaryl/α,β-unsaturated/α-hetero) is 1. The SMILES string of the molecule is O=C(CCl)c1ccccc1Nc1cccc(-c2cccs2)c1. The van der Waals surface area contributed by atoms with Crippen molar-refractivity contribution in [2.45, 2.75) is 0 Å². The van der Waals surface area contributed by atoms with Crippen LogP contribution in [0.3, 0.4) is 0 Å². The molecule has 0 aliphatic rings. The molecular weight excluding hydrogens is 314 g/mol. The highest BCUT2D eigenvalue weighted by Gasteiger charge is 2.10. The highest BCUT2D eigenvalue weighted by atomic mass is 35.5. The highest BCUT2D eigenvalue weighted by Crippen LogP contribution is 2.29. The van der Waals surface area contributed by atoms with E-state index in [9.17, 15) is 4.79 Å². The van der Waals surface area contributed by atoms with E-state index in [0.717, 1.165) is 16.9 Å². The Morgan fingerprint density at radius 1 is 1.05 bits per heavy atom. The molecule has 0 spiro atoms. The van der Waals surface area contributed by atoms with Crippen molar-refractivity contribution in [2.75, 3.05) is 11.2 Å². The Hall–Kier alpha value is -2.10. The first-order valence-electron chi connectivity index (χ1n) is 6.87. The van der Waals surface area contributed by atoms with Crippen molar-refractivity contribution in [3.8, 4) is 10.4 Å². The van der Waals surface area contributed by atoms with Gasteiger partial charge in [-0.05, 0) is 41.3 Å². The summed E-state index contributed by atoms with van der Waals surface area (Å²) in [5.41, 5.74) is 3.48. The Bertz CT molecular complexity index is 783. The highest BCUT2D eigenvalue weighted by molar-refractivity contribution is 7.13. The smallest absolute Gasteiger partial charge is 0.179 e. The first-order chi connectivity index (χ1) is 10.8. The normalized spacial score (nSPS) is 10.4. The number of benzene rings is 2. The summed E-state index contributed by atoms with van der Waals surface area (Å²) < 4.78 is 0. The molecule has 0 bridgehead atoms. The first-order valence-corrected chi connectivity index (χ1v) is 8.28. The van der Waals surface area contributed by atoms with Crippen LogP contribution in [0.5, 0.6) is 0 Å². The molecule has 1 heterocycles. The molecule has 2 nitrogen and oxygen atoms in total. The van der Waals surface area contributed by atoms with Crippen molar-refractivity contribution in [1.82, 2.24) is 0 Å². The van der Waals surface area contributed by atoms with Gasteiger partial charge in [0, 0.05) is 21.8 Å². The molecule has 3 rings (SSSR count). The minimum Gasteiger partial charge on any atom is -0.355 e. The van der Waals surface area contributed by atoms with Gasteiger partial charge in [0.15, 0.2) is 5.78 Å². The van der Waals surface area contributed by atoms with Gasteiger partial charge in [0.1, 0.15) is 0 Å². The third kappa shape index (κ3) is 3.21. The number of para-hydroxylation sites is 1. The molecule has 0 atom stereocenters. The van der Waals surface area contributed by atoms with Gasteiger partial charge >= 0.3 is 0 Å². The average molecular weight is 328 g/mol. The zero-order chi connectivity index (χ0) is 15.4. The molecule has 1 N–H and O–H groups in total. The summed E-state index contributed by atoms with van der Waals surface area (Å²) in [6.07, 6.45) is 0. The average Bonchev–Trinajstić information content (AvgIpc) is 3.09. The van der Waals surface area contributed by atoms with Crippen LogP contribution < -0.4 is 5.32 Å². The molecule has 0 unspecified atom stereocenters. The zero-order valence-electron chi connectivity index (χ0n) is 11.8. The fraction of sp³-hybridized carbons (Fsp3) is 0.0556. The molecule has 0 aliphatic carbocycles. The summed E-state index contributed by atoms with van der Waals surface area (Å²) >= 11 is 7.38. The predicted molar refractivity (Wildman–Crippen MR) is 94.5 cm³/mol. The number of hydrogen-bond acceptors (Lipinski definition) is 3. The maximum absolute atomic E-state index is 11.9. The summed E-state index contributed by atoms with van der Waals surface area (Å²) in [5.74, 6) is -0.104. The van der Waals surface area contributed by atoms with Crippen molar-refractivity contribution in [1.29, 1.82) is 0 Å². The minimum atomic E-state index is -0.0841. The van der Waals surface area contributed by atoms with E-state index in [1.54, 1.807) is 17.4 Å². The van der Waals surface area contributed by atoms with Gasteiger partial charge in [0.25, 0.3) is 0 Å². The minimum absolute atomic E-state index is 0.0199. The lowest BCUT2D eigenvalue weighted by Gasteiger charge is -2.11. The van der Waals surface area contributed by atoms with Crippen LogP contribution in [0.25, 0.3) is 10.4 Å². The van der Waals surface area contributed by atoms with Gasteiger partial charge in [-0.3, -0.25) is 4.79 Å². The zero-order valence-corrected chi connectivity index (χ0v) is 13.3. The molecule has 1 aromatic heterocycles. The topological polar surface area (TPSA) is 29.1 Å². The van der Waals surface area contributed by atoms with Crippen LogP contribution in [0.1, 0.15) is 10.4 Å². The van der Waals surface area contributed by atoms with Crippen LogP contribution in [0.4, 0.5) is 11.4 Å². The molecule has 0 amide bonds. The van der Waals surface area contributed by atoms with Crippen LogP contribution in [-0.2, 0) is 0 Å². The van der Waals surface area contributed by atoms with Gasteiger partial charge in [-0.15, -0.1) is 22.9 Å². The molecular formula is C18H14ClNOS. The van der Waals surface area contributed by atoms with Crippen LogP contribution in [0, 0.1) is 0 Å². The van der Waals surface area contributed by atoms with E-state index in [2.05, 4.69) is 28.9 Å². The van der Waals surface area contributed by atoms with Crippen LogP contribution in [0.2, 0.25) is 0 Å². The van der Waals surface area contributed by atoms with Crippen LogP contribution in [-0.4, -0.2) is 11.7 Å².